The smallest absolute Gasteiger partial charge is 0.289 e. The van der Waals surface area contributed by atoms with Gasteiger partial charge in [0.1, 0.15) is 0 Å². The van der Waals surface area contributed by atoms with Gasteiger partial charge in [-0.1, -0.05) is 6.92 Å². The van der Waals surface area contributed by atoms with E-state index in [0.717, 1.165) is 12.8 Å². The number of hydrogen-bond acceptors (Lipinski definition) is 5. The number of nitro groups is 1. The molecule has 0 atom stereocenters. The van der Waals surface area contributed by atoms with Crippen LogP contribution in [0.1, 0.15) is 19.8 Å². The average molecular weight is 313 g/mol. The topological polar surface area (TPSA) is 92.6 Å². The maximum Gasteiger partial charge on any atom is 0.289 e. The second-order valence-electron chi connectivity index (χ2n) is 5.09. The molecule has 0 amide bonds. The first-order valence-corrected chi connectivity index (χ1v) is 8.30. The fourth-order valence-corrected chi connectivity index (χ4v) is 3.86. The van der Waals surface area contributed by atoms with E-state index in [1.807, 2.05) is 0 Å². The predicted octanol–water partition coefficient (Wildman–Crippen LogP) is 2.06. The van der Waals surface area contributed by atoms with Crippen molar-refractivity contribution in [1.82, 2.24) is 4.31 Å². The van der Waals surface area contributed by atoms with Gasteiger partial charge in [-0.15, -0.1) is 0 Å². The fourth-order valence-electron chi connectivity index (χ4n) is 2.15. The molecule has 2 rings (SSSR count). The van der Waals surface area contributed by atoms with Gasteiger partial charge in [0.15, 0.2) is 4.90 Å². The minimum atomic E-state index is -3.86. The van der Waals surface area contributed by atoms with Gasteiger partial charge in [0, 0.05) is 31.9 Å². The molecule has 1 aromatic carbocycles. The zero-order valence-electron chi connectivity index (χ0n) is 12.1. The van der Waals surface area contributed by atoms with E-state index >= 15 is 0 Å². The molecular weight excluding hydrogens is 294 g/mol. The summed E-state index contributed by atoms with van der Waals surface area (Å²) in [5.41, 5.74) is 0.143. The molecule has 0 spiro atoms. The van der Waals surface area contributed by atoms with Crippen LogP contribution in [0.5, 0.6) is 0 Å². The van der Waals surface area contributed by atoms with Crippen LogP contribution in [0.2, 0.25) is 0 Å². The molecule has 0 unspecified atom stereocenters. The standard InChI is InChI=1S/C13H19N3O4S/c1-3-15(9-10-4-5-10)21(19,20)13-8-11(14-2)6-7-12(13)16(17)18/h6-8,10,14H,3-5,9H2,1-2H3. The summed E-state index contributed by atoms with van der Waals surface area (Å²) >= 11 is 0. The first-order chi connectivity index (χ1) is 9.90. The maximum atomic E-state index is 12.7. The van der Waals surface area contributed by atoms with Crippen LogP contribution in [0.15, 0.2) is 23.1 Å². The van der Waals surface area contributed by atoms with Crippen molar-refractivity contribution in [3.8, 4) is 0 Å². The Kier molecular flexibility index (Phi) is 4.48. The van der Waals surface area contributed by atoms with Crippen molar-refractivity contribution in [2.75, 3.05) is 25.5 Å². The third-order valence-electron chi connectivity index (χ3n) is 3.57. The lowest BCUT2D eigenvalue weighted by Gasteiger charge is -2.20. The molecular formula is C13H19N3O4S. The van der Waals surface area contributed by atoms with Gasteiger partial charge in [0.25, 0.3) is 5.69 Å². The highest BCUT2D eigenvalue weighted by Crippen LogP contribution is 2.34. The number of nitrogens with zero attached hydrogens (tertiary/aromatic N) is 2. The summed E-state index contributed by atoms with van der Waals surface area (Å²) in [7, 11) is -2.22. The highest BCUT2D eigenvalue weighted by atomic mass is 32.2. The summed E-state index contributed by atoms with van der Waals surface area (Å²) < 4.78 is 26.8. The summed E-state index contributed by atoms with van der Waals surface area (Å²) in [5.74, 6) is 0.381. The van der Waals surface area contributed by atoms with Gasteiger partial charge >= 0.3 is 0 Å². The third kappa shape index (κ3) is 3.33. The molecule has 1 aromatic rings. The Morgan fingerprint density at radius 2 is 2.10 bits per heavy atom. The highest BCUT2D eigenvalue weighted by molar-refractivity contribution is 7.89. The molecule has 1 N–H and O–H groups in total. The van der Waals surface area contributed by atoms with Crippen LogP contribution < -0.4 is 5.32 Å². The molecule has 0 heterocycles. The summed E-state index contributed by atoms with van der Waals surface area (Å²) in [4.78, 5) is 10.2. The predicted molar refractivity (Wildman–Crippen MR) is 79.8 cm³/mol. The van der Waals surface area contributed by atoms with Crippen molar-refractivity contribution in [3.05, 3.63) is 28.3 Å². The molecule has 8 heteroatoms. The first-order valence-electron chi connectivity index (χ1n) is 6.86. The van der Waals surface area contributed by atoms with E-state index in [4.69, 9.17) is 0 Å². The van der Waals surface area contributed by atoms with Gasteiger partial charge in [-0.2, -0.15) is 4.31 Å². The van der Waals surface area contributed by atoms with E-state index in [2.05, 4.69) is 5.32 Å². The number of anilines is 1. The minimum absolute atomic E-state index is 0.248. The normalized spacial score (nSPS) is 15.2. The Bertz CT molecular complexity index is 641. The van der Waals surface area contributed by atoms with Gasteiger partial charge in [-0.05, 0) is 30.9 Å². The molecule has 0 aromatic heterocycles. The number of rotatable bonds is 7. The molecule has 1 saturated carbocycles. The van der Waals surface area contributed by atoms with E-state index < -0.39 is 14.9 Å². The van der Waals surface area contributed by atoms with E-state index in [1.165, 1.54) is 22.5 Å². The number of sulfonamides is 1. The van der Waals surface area contributed by atoms with E-state index in [0.29, 0.717) is 24.7 Å². The van der Waals surface area contributed by atoms with Crippen molar-refractivity contribution >= 4 is 21.4 Å². The molecule has 116 valence electrons. The first kappa shape index (κ1) is 15.7. The van der Waals surface area contributed by atoms with Crippen LogP contribution in [0.3, 0.4) is 0 Å². The molecule has 0 saturated heterocycles. The van der Waals surface area contributed by atoms with Gasteiger partial charge in [-0.3, -0.25) is 10.1 Å². The Morgan fingerprint density at radius 3 is 2.57 bits per heavy atom. The number of nitrogens with one attached hydrogen (secondary N) is 1. The summed E-state index contributed by atoms with van der Waals surface area (Å²) in [6.07, 6.45) is 2.04. The molecule has 1 fully saturated rings. The second-order valence-corrected chi connectivity index (χ2v) is 7.00. The van der Waals surface area contributed by atoms with Crippen LogP contribution in [0, 0.1) is 16.0 Å². The fraction of sp³-hybridized carbons (Fsp3) is 0.538. The quantitative estimate of drug-likeness (QED) is 0.614. The third-order valence-corrected chi connectivity index (χ3v) is 5.54. The molecule has 0 bridgehead atoms. The van der Waals surface area contributed by atoms with Gasteiger partial charge in [0.05, 0.1) is 4.92 Å². The lowest BCUT2D eigenvalue weighted by molar-refractivity contribution is -0.387. The van der Waals surface area contributed by atoms with E-state index in [-0.39, 0.29) is 10.6 Å². The Labute approximate surface area is 124 Å². The van der Waals surface area contributed by atoms with Crippen LogP contribution in [-0.2, 0) is 10.0 Å². The molecule has 0 aliphatic heterocycles. The molecule has 21 heavy (non-hydrogen) atoms. The zero-order chi connectivity index (χ0) is 15.6. The van der Waals surface area contributed by atoms with Gasteiger partial charge in [0.2, 0.25) is 10.0 Å². The highest BCUT2D eigenvalue weighted by Gasteiger charge is 2.34. The van der Waals surface area contributed by atoms with Gasteiger partial charge in [-0.25, -0.2) is 8.42 Å². The Balaban J connectivity index is 2.47. The van der Waals surface area contributed by atoms with Crippen molar-refractivity contribution in [2.45, 2.75) is 24.7 Å². The molecule has 1 aliphatic carbocycles. The van der Waals surface area contributed by atoms with Crippen LogP contribution in [0.4, 0.5) is 11.4 Å². The van der Waals surface area contributed by atoms with Crippen molar-refractivity contribution in [1.29, 1.82) is 0 Å². The average Bonchev–Trinajstić information content (AvgIpc) is 3.27. The summed E-state index contributed by atoms with van der Waals surface area (Å²) in [6.45, 7) is 2.48. The number of nitro benzene ring substituents is 1. The monoisotopic (exact) mass is 313 g/mol. The summed E-state index contributed by atoms with van der Waals surface area (Å²) in [6, 6.07) is 4.04. The largest absolute Gasteiger partial charge is 0.388 e. The molecule has 0 radical (unpaired) electrons. The van der Waals surface area contributed by atoms with Crippen LogP contribution in [0.25, 0.3) is 0 Å². The van der Waals surface area contributed by atoms with E-state index in [9.17, 15) is 18.5 Å². The van der Waals surface area contributed by atoms with Crippen LogP contribution >= 0.6 is 0 Å². The lowest BCUT2D eigenvalue weighted by Crippen LogP contribution is -2.33. The Morgan fingerprint density at radius 1 is 1.43 bits per heavy atom. The Hall–Kier alpha value is -1.67. The molecule has 7 nitrogen and oxygen atoms in total. The SMILES string of the molecule is CCN(CC1CC1)S(=O)(=O)c1cc(NC)ccc1[N+](=O)[O-]. The van der Waals surface area contributed by atoms with Crippen molar-refractivity contribution < 1.29 is 13.3 Å². The number of hydrogen-bond donors (Lipinski definition) is 1. The second kappa shape index (κ2) is 5.98. The van der Waals surface area contributed by atoms with Gasteiger partial charge < -0.3 is 5.32 Å². The summed E-state index contributed by atoms with van der Waals surface area (Å²) in [5, 5.41) is 13.9. The maximum absolute atomic E-state index is 12.7. The molecule has 1 aliphatic rings. The van der Waals surface area contributed by atoms with Crippen LogP contribution in [-0.4, -0.2) is 37.8 Å². The minimum Gasteiger partial charge on any atom is -0.388 e. The lowest BCUT2D eigenvalue weighted by atomic mass is 10.3. The van der Waals surface area contributed by atoms with Crippen molar-refractivity contribution in [2.24, 2.45) is 5.92 Å². The number of benzene rings is 1. The van der Waals surface area contributed by atoms with Crippen molar-refractivity contribution in [3.63, 3.8) is 0 Å². The van der Waals surface area contributed by atoms with E-state index in [1.54, 1.807) is 14.0 Å². The zero-order valence-corrected chi connectivity index (χ0v) is 12.9.